The maximum atomic E-state index is 12.0. The van der Waals surface area contributed by atoms with Crippen molar-refractivity contribution in [3.63, 3.8) is 0 Å². The molecule has 21 heavy (non-hydrogen) atoms. The van der Waals surface area contributed by atoms with E-state index in [1.165, 1.54) is 18.9 Å². The number of hydrogen-bond donors (Lipinski definition) is 2. The van der Waals surface area contributed by atoms with Crippen LogP contribution < -0.4 is 10.6 Å². The van der Waals surface area contributed by atoms with Crippen molar-refractivity contribution in [3.8, 4) is 0 Å². The molecule has 2 N–H and O–H groups in total. The molecular weight excluding hydrogens is 292 g/mol. The number of benzene rings is 1. The zero-order valence-electron chi connectivity index (χ0n) is 11.8. The van der Waals surface area contributed by atoms with Gasteiger partial charge in [-0.3, -0.25) is 9.59 Å². The molecule has 2 rings (SSSR count). The third-order valence-corrected chi connectivity index (χ3v) is 4.14. The number of aryl methyl sites for hydroxylation is 1. The number of amides is 2. The highest BCUT2D eigenvalue weighted by Gasteiger charge is 2.27. The summed E-state index contributed by atoms with van der Waals surface area (Å²) < 4.78 is 4.69. The van der Waals surface area contributed by atoms with E-state index in [0.717, 1.165) is 5.56 Å². The molecule has 0 aliphatic carbocycles. The van der Waals surface area contributed by atoms with Crippen molar-refractivity contribution in [1.29, 1.82) is 0 Å². The minimum atomic E-state index is -0.515. The van der Waals surface area contributed by atoms with E-state index >= 15 is 0 Å². The van der Waals surface area contributed by atoms with E-state index in [4.69, 9.17) is 4.74 Å². The zero-order valence-corrected chi connectivity index (χ0v) is 12.6. The van der Waals surface area contributed by atoms with Gasteiger partial charge in [-0.15, -0.1) is 11.8 Å². The van der Waals surface area contributed by atoms with Crippen LogP contribution >= 0.6 is 11.8 Å². The summed E-state index contributed by atoms with van der Waals surface area (Å²) in [5.74, 6) is -0.430. The molecule has 1 fully saturated rings. The maximum Gasteiger partial charge on any atom is 0.339 e. The van der Waals surface area contributed by atoms with Gasteiger partial charge in [0.1, 0.15) is 0 Å². The minimum Gasteiger partial charge on any atom is -0.465 e. The highest BCUT2D eigenvalue weighted by Crippen LogP contribution is 2.22. The van der Waals surface area contributed by atoms with Gasteiger partial charge in [0.15, 0.2) is 0 Å². The summed E-state index contributed by atoms with van der Waals surface area (Å²) >= 11 is 1.39. The molecule has 112 valence electrons. The summed E-state index contributed by atoms with van der Waals surface area (Å²) in [5.41, 5.74) is 1.60. The molecule has 1 aliphatic heterocycles. The predicted molar refractivity (Wildman–Crippen MR) is 80.2 cm³/mol. The van der Waals surface area contributed by atoms with E-state index in [0.29, 0.717) is 17.1 Å². The normalized spacial score (nSPS) is 17.2. The van der Waals surface area contributed by atoms with Crippen molar-refractivity contribution in [2.45, 2.75) is 18.6 Å². The molecule has 1 aromatic rings. The summed E-state index contributed by atoms with van der Waals surface area (Å²) in [6, 6.07) is 5.07. The number of esters is 1. The van der Waals surface area contributed by atoms with Crippen molar-refractivity contribution >= 4 is 35.2 Å². The van der Waals surface area contributed by atoms with Crippen LogP contribution in [0, 0.1) is 6.92 Å². The smallest absolute Gasteiger partial charge is 0.339 e. The third-order valence-electron chi connectivity index (χ3n) is 3.05. The highest BCUT2D eigenvalue weighted by molar-refractivity contribution is 8.01. The van der Waals surface area contributed by atoms with Gasteiger partial charge in [-0.25, -0.2) is 4.79 Å². The number of anilines is 1. The number of carbonyl (C=O) groups is 3. The van der Waals surface area contributed by atoms with E-state index in [9.17, 15) is 14.4 Å². The first-order valence-corrected chi connectivity index (χ1v) is 7.44. The van der Waals surface area contributed by atoms with Gasteiger partial charge in [0, 0.05) is 6.42 Å². The first-order valence-electron chi connectivity index (χ1n) is 6.39. The fraction of sp³-hybridized carbons (Fsp3) is 0.357. The van der Waals surface area contributed by atoms with Crippen LogP contribution in [-0.4, -0.2) is 36.0 Å². The van der Waals surface area contributed by atoms with Crippen LogP contribution in [0.3, 0.4) is 0 Å². The Labute approximate surface area is 126 Å². The number of carbonyl (C=O) groups excluding carboxylic acids is 3. The van der Waals surface area contributed by atoms with E-state index in [1.807, 2.05) is 6.92 Å². The van der Waals surface area contributed by atoms with Crippen LogP contribution in [0.15, 0.2) is 18.2 Å². The highest BCUT2D eigenvalue weighted by atomic mass is 32.2. The first kappa shape index (κ1) is 15.4. The number of nitrogens with one attached hydrogen (secondary N) is 2. The Morgan fingerprint density at radius 3 is 2.86 bits per heavy atom. The van der Waals surface area contributed by atoms with E-state index in [-0.39, 0.29) is 23.5 Å². The fourth-order valence-electron chi connectivity index (χ4n) is 1.97. The molecule has 0 spiro atoms. The Kier molecular flexibility index (Phi) is 4.85. The van der Waals surface area contributed by atoms with Gasteiger partial charge in [0.05, 0.1) is 29.5 Å². The molecule has 0 radical (unpaired) electrons. The predicted octanol–water partition coefficient (Wildman–Crippen LogP) is 1.30. The topological polar surface area (TPSA) is 84.5 Å². The van der Waals surface area contributed by atoms with Gasteiger partial charge in [-0.2, -0.15) is 0 Å². The third kappa shape index (κ3) is 3.75. The average molecular weight is 308 g/mol. The van der Waals surface area contributed by atoms with Gasteiger partial charge < -0.3 is 15.4 Å². The summed E-state index contributed by atoms with van der Waals surface area (Å²) in [6.45, 7) is 1.86. The molecular formula is C14H16N2O4S. The Bertz CT molecular complexity index is 588. The van der Waals surface area contributed by atoms with Crippen molar-refractivity contribution in [1.82, 2.24) is 5.32 Å². The molecule has 1 aliphatic rings. The Balaban J connectivity index is 2.11. The lowest BCUT2D eigenvalue weighted by Gasteiger charge is -2.12. The van der Waals surface area contributed by atoms with Gasteiger partial charge in [-0.05, 0) is 24.6 Å². The van der Waals surface area contributed by atoms with E-state index in [2.05, 4.69) is 10.6 Å². The second kappa shape index (κ2) is 6.62. The van der Waals surface area contributed by atoms with Crippen LogP contribution in [0.4, 0.5) is 5.69 Å². The molecule has 1 heterocycles. The number of rotatable bonds is 4. The summed E-state index contributed by atoms with van der Waals surface area (Å²) in [6.07, 6.45) is 0.0745. The van der Waals surface area contributed by atoms with Gasteiger partial charge >= 0.3 is 5.97 Å². The van der Waals surface area contributed by atoms with Crippen molar-refractivity contribution < 1.29 is 19.1 Å². The van der Waals surface area contributed by atoms with Crippen LogP contribution in [0.5, 0.6) is 0 Å². The molecule has 0 bridgehead atoms. The Hall–Kier alpha value is -2.02. The number of thioether (sulfide) groups is 1. The van der Waals surface area contributed by atoms with Crippen LogP contribution in [-0.2, 0) is 14.3 Å². The standard InChI is InChI=1S/C14H16N2O4S/c1-8-3-4-9(14(19)20-2)10(5-8)16-12(17)6-11-13(18)15-7-21-11/h3-5,11H,6-7H2,1-2H3,(H,15,18)(H,16,17). The largest absolute Gasteiger partial charge is 0.465 e. The first-order chi connectivity index (χ1) is 10.0. The monoisotopic (exact) mass is 308 g/mol. The van der Waals surface area contributed by atoms with Crippen LogP contribution in [0.1, 0.15) is 22.3 Å². The molecule has 1 unspecified atom stereocenters. The Morgan fingerprint density at radius 1 is 1.48 bits per heavy atom. The second-order valence-electron chi connectivity index (χ2n) is 4.63. The maximum absolute atomic E-state index is 12.0. The van der Waals surface area contributed by atoms with E-state index < -0.39 is 5.97 Å². The van der Waals surface area contributed by atoms with Crippen LogP contribution in [0.2, 0.25) is 0 Å². The number of ether oxygens (including phenoxy) is 1. The molecule has 1 saturated heterocycles. The molecule has 0 aromatic heterocycles. The number of hydrogen-bond acceptors (Lipinski definition) is 5. The molecule has 6 nitrogen and oxygen atoms in total. The Morgan fingerprint density at radius 2 is 2.24 bits per heavy atom. The van der Waals surface area contributed by atoms with Crippen molar-refractivity contribution in [2.24, 2.45) is 0 Å². The lowest BCUT2D eigenvalue weighted by Crippen LogP contribution is -2.27. The average Bonchev–Trinajstić information content (AvgIpc) is 2.83. The number of methoxy groups -OCH3 is 1. The quantitative estimate of drug-likeness (QED) is 0.819. The molecule has 0 saturated carbocycles. The SMILES string of the molecule is COC(=O)c1ccc(C)cc1NC(=O)CC1SCNC1=O. The van der Waals surface area contributed by atoms with Crippen LogP contribution in [0.25, 0.3) is 0 Å². The van der Waals surface area contributed by atoms with Gasteiger partial charge in [-0.1, -0.05) is 6.07 Å². The molecule has 2 amide bonds. The molecule has 1 aromatic carbocycles. The van der Waals surface area contributed by atoms with E-state index in [1.54, 1.807) is 18.2 Å². The fourth-order valence-corrected chi connectivity index (χ4v) is 2.90. The van der Waals surface area contributed by atoms with Gasteiger partial charge in [0.25, 0.3) is 0 Å². The zero-order chi connectivity index (χ0) is 15.4. The molecule has 7 heteroatoms. The lowest BCUT2D eigenvalue weighted by atomic mass is 10.1. The van der Waals surface area contributed by atoms with Crippen molar-refractivity contribution in [3.05, 3.63) is 29.3 Å². The summed E-state index contributed by atoms with van der Waals surface area (Å²) in [4.78, 5) is 35.2. The summed E-state index contributed by atoms with van der Waals surface area (Å²) in [5, 5.41) is 4.96. The van der Waals surface area contributed by atoms with Gasteiger partial charge in [0.2, 0.25) is 11.8 Å². The van der Waals surface area contributed by atoms with Crippen molar-refractivity contribution in [2.75, 3.05) is 18.3 Å². The minimum absolute atomic E-state index is 0.0745. The molecule has 1 atom stereocenters. The second-order valence-corrected chi connectivity index (χ2v) is 5.82. The summed E-state index contributed by atoms with van der Waals surface area (Å²) in [7, 11) is 1.29. The lowest BCUT2D eigenvalue weighted by molar-refractivity contribution is -0.123.